The first kappa shape index (κ1) is 24.5. The fraction of sp³-hybridized carbons (Fsp3) is 0.885. The third kappa shape index (κ3) is 4.02. The number of alkyl halides is 3. The first-order chi connectivity index (χ1) is 16.9. The average molecular weight is 511 g/mol. The number of halogens is 3. The van der Waals surface area contributed by atoms with Gasteiger partial charge < -0.3 is 21.3 Å². The Kier molecular flexibility index (Phi) is 5.50. The number of carbonyl (C=O) groups is 3. The lowest BCUT2D eigenvalue weighted by Gasteiger charge is -2.62. The van der Waals surface area contributed by atoms with Crippen LogP contribution in [0.2, 0.25) is 0 Å². The molecule has 36 heavy (non-hydrogen) atoms. The Hall–Kier alpha value is -1.84. The third-order valence-electron chi connectivity index (χ3n) is 10.6. The predicted octanol–water partition coefficient (Wildman–Crippen LogP) is 2.48. The summed E-state index contributed by atoms with van der Waals surface area (Å²) in [5, 5.41) is 6.21. The van der Waals surface area contributed by atoms with E-state index in [-0.39, 0.29) is 23.8 Å². The van der Waals surface area contributed by atoms with Crippen LogP contribution in [-0.4, -0.2) is 58.5 Å². The van der Waals surface area contributed by atoms with E-state index in [4.69, 9.17) is 5.73 Å². The van der Waals surface area contributed by atoms with Gasteiger partial charge in [-0.1, -0.05) is 0 Å². The summed E-state index contributed by atoms with van der Waals surface area (Å²) in [5.41, 5.74) is 5.61. The zero-order chi connectivity index (χ0) is 25.6. The van der Waals surface area contributed by atoms with E-state index in [2.05, 4.69) is 10.6 Å². The Bertz CT molecular complexity index is 939. The highest BCUT2D eigenvalue weighted by atomic mass is 19.4. The number of nitrogens with two attached hydrogens (primary N) is 1. The number of amides is 3. The molecule has 8 fully saturated rings. The molecule has 4 atom stereocenters. The molecule has 8 bridgehead atoms. The number of nitrogens with one attached hydrogen (secondary N) is 2. The molecule has 0 spiro atoms. The van der Waals surface area contributed by atoms with Gasteiger partial charge in [0.25, 0.3) is 0 Å². The fourth-order valence-electron chi connectivity index (χ4n) is 10.2. The molecular formula is C26H37F3N4O3. The molecule has 8 aliphatic rings. The van der Waals surface area contributed by atoms with Crippen molar-refractivity contribution in [3.05, 3.63) is 0 Å². The summed E-state index contributed by atoms with van der Waals surface area (Å²) in [6.45, 7) is 0.902. The molecule has 200 valence electrons. The van der Waals surface area contributed by atoms with Gasteiger partial charge in [-0.2, -0.15) is 13.2 Å². The zero-order valence-corrected chi connectivity index (χ0v) is 20.8. The van der Waals surface area contributed by atoms with Gasteiger partial charge in [-0.3, -0.25) is 14.4 Å². The second-order valence-corrected chi connectivity index (χ2v) is 13.2. The molecule has 8 saturated carbocycles. The molecule has 3 amide bonds. The highest BCUT2D eigenvalue weighted by Gasteiger charge is 2.60. The lowest BCUT2D eigenvalue weighted by Crippen LogP contribution is -2.69. The van der Waals surface area contributed by atoms with Gasteiger partial charge in [-0.05, 0) is 99.7 Å². The largest absolute Gasteiger partial charge is 0.471 e. The molecule has 0 aromatic carbocycles. The maximum absolute atomic E-state index is 13.8. The molecule has 8 rings (SSSR count). The van der Waals surface area contributed by atoms with Gasteiger partial charge >= 0.3 is 12.1 Å². The van der Waals surface area contributed by atoms with Crippen molar-refractivity contribution in [2.24, 2.45) is 41.2 Å². The average Bonchev–Trinajstić information content (AvgIpc) is 2.73. The molecule has 0 radical (unpaired) electrons. The highest BCUT2D eigenvalue weighted by molar-refractivity contribution is 5.88. The lowest BCUT2D eigenvalue weighted by atomic mass is 9.50. The quantitative estimate of drug-likeness (QED) is 0.529. The van der Waals surface area contributed by atoms with Gasteiger partial charge in [0, 0.05) is 30.1 Å². The molecule has 4 N–H and O–H groups in total. The van der Waals surface area contributed by atoms with E-state index in [1.807, 2.05) is 0 Å². The molecule has 0 aromatic heterocycles. The minimum atomic E-state index is -5.04. The van der Waals surface area contributed by atoms with Crippen molar-refractivity contribution in [1.82, 2.24) is 15.5 Å². The summed E-state index contributed by atoms with van der Waals surface area (Å²) in [4.78, 5) is 38.8. The van der Waals surface area contributed by atoms with E-state index in [0.29, 0.717) is 36.5 Å². The Labute approximate surface area is 209 Å². The van der Waals surface area contributed by atoms with Crippen molar-refractivity contribution in [1.29, 1.82) is 0 Å². The van der Waals surface area contributed by atoms with Crippen molar-refractivity contribution in [2.75, 3.05) is 6.54 Å². The van der Waals surface area contributed by atoms with Crippen LogP contribution in [0.5, 0.6) is 0 Å². The van der Waals surface area contributed by atoms with Crippen LogP contribution in [0.25, 0.3) is 0 Å². The van der Waals surface area contributed by atoms with Crippen LogP contribution in [0, 0.1) is 35.5 Å². The molecular weight excluding hydrogens is 473 g/mol. The molecule has 7 nitrogen and oxygen atoms in total. The number of nitrogens with zero attached hydrogens (tertiary/aromatic N) is 1. The Balaban J connectivity index is 1.22. The maximum atomic E-state index is 13.8. The van der Waals surface area contributed by atoms with E-state index >= 15 is 0 Å². The number of hydrogen-bond donors (Lipinski definition) is 3. The van der Waals surface area contributed by atoms with E-state index in [1.165, 1.54) is 6.92 Å². The highest BCUT2D eigenvalue weighted by Crippen LogP contribution is 2.58. The minimum Gasteiger partial charge on any atom is -0.351 e. The van der Waals surface area contributed by atoms with Gasteiger partial charge in [0.2, 0.25) is 11.8 Å². The van der Waals surface area contributed by atoms with Gasteiger partial charge in [0.15, 0.2) is 0 Å². The summed E-state index contributed by atoms with van der Waals surface area (Å²) in [6, 6.07) is -0.494. The SMILES string of the molecule is CC(=O)NC12CC3CC(C1)C(N(CC(=O)NC14CC5CC(C1)C(N)C(C5)C4)C(=O)C(F)(F)F)C(C3)C2. The van der Waals surface area contributed by atoms with Gasteiger partial charge in [-0.15, -0.1) is 0 Å². The maximum Gasteiger partial charge on any atom is 0.471 e. The second-order valence-electron chi connectivity index (χ2n) is 13.2. The predicted molar refractivity (Wildman–Crippen MR) is 124 cm³/mol. The molecule has 0 aliphatic heterocycles. The van der Waals surface area contributed by atoms with E-state index in [9.17, 15) is 27.6 Å². The first-order valence-corrected chi connectivity index (χ1v) is 13.6. The molecule has 4 unspecified atom stereocenters. The van der Waals surface area contributed by atoms with Gasteiger partial charge in [0.1, 0.15) is 6.54 Å². The number of carbonyl (C=O) groups excluding carboxylic acids is 3. The topological polar surface area (TPSA) is 105 Å². The van der Waals surface area contributed by atoms with Crippen molar-refractivity contribution in [3.8, 4) is 0 Å². The van der Waals surface area contributed by atoms with Crippen LogP contribution in [-0.2, 0) is 14.4 Å². The van der Waals surface area contributed by atoms with Crippen LogP contribution in [0.15, 0.2) is 0 Å². The standard InChI is InChI=1S/C26H37F3N4O3/c1-13(34)31-24-6-15-4-18(10-24)22(19(5-15)11-24)33(23(36)26(27,28)29)12-20(35)32-25-7-14-2-16(8-25)21(30)17(3-14)9-25/h14-19,21-22H,2-12,30H2,1H3,(H,31,34)(H,32,35). The van der Waals surface area contributed by atoms with Crippen LogP contribution >= 0.6 is 0 Å². The summed E-state index contributed by atoms with van der Waals surface area (Å²) >= 11 is 0. The lowest BCUT2D eigenvalue weighted by molar-refractivity contribution is -0.196. The Morgan fingerprint density at radius 1 is 0.833 bits per heavy atom. The van der Waals surface area contributed by atoms with E-state index in [0.717, 1.165) is 56.3 Å². The summed E-state index contributed by atoms with van der Waals surface area (Å²) in [5.74, 6) is -1.32. The van der Waals surface area contributed by atoms with Crippen LogP contribution < -0.4 is 16.4 Å². The normalized spacial score (nSPS) is 46.0. The molecule has 0 heterocycles. The molecule has 0 aromatic rings. The molecule has 0 saturated heterocycles. The zero-order valence-electron chi connectivity index (χ0n) is 20.8. The second kappa shape index (κ2) is 8.08. The van der Waals surface area contributed by atoms with Crippen molar-refractivity contribution >= 4 is 17.7 Å². The van der Waals surface area contributed by atoms with E-state index < -0.39 is 41.7 Å². The van der Waals surface area contributed by atoms with Crippen LogP contribution in [0.4, 0.5) is 13.2 Å². The number of rotatable bonds is 5. The van der Waals surface area contributed by atoms with Crippen molar-refractivity contribution in [2.45, 2.75) is 100 Å². The van der Waals surface area contributed by atoms with Crippen molar-refractivity contribution in [3.63, 3.8) is 0 Å². The van der Waals surface area contributed by atoms with Gasteiger partial charge in [0.05, 0.1) is 0 Å². The summed E-state index contributed by atoms with van der Waals surface area (Å²) in [7, 11) is 0. The minimum absolute atomic E-state index is 0.133. The van der Waals surface area contributed by atoms with Gasteiger partial charge in [-0.25, -0.2) is 0 Å². The Morgan fingerprint density at radius 2 is 1.31 bits per heavy atom. The third-order valence-corrected chi connectivity index (χ3v) is 10.6. The van der Waals surface area contributed by atoms with Crippen LogP contribution in [0.3, 0.4) is 0 Å². The summed E-state index contributed by atoms with van der Waals surface area (Å²) in [6.07, 6.45) is 2.91. The first-order valence-electron chi connectivity index (χ1n) is 13.6. The Morgan fingerprint density at radius 3 is 1.81 bits per heavy atom. The molecule has 8 aliphatic carbocycles. The molecule has 10 heteroatoms. The fourth-order valence-corrected chi connectivity index (χ4v) is 10.2. The number of hydrogen-bond acceptors (Lipinski definition) is 4. The monoisotopic (exact) mass is 510 g/mol. The smallest absolute Gasteiger partial charge is 0.351 e. The van der Waals surface area contributed by atoms with Crippen molar-refractivity contribution < 1.29 is 27.6 Å². The van der Waals surface area contributed by atoms with Crippen LogP contribution in [0.1, 0.15) is 71.1 Å². The summed E-state index contributed by atoms with van der Waals surface area (Å²) < 4.78 is 41.3. The van der Waals surface area contributed by atoms with E-state index in [1.54, 1.807) is 0 Å².